The van der Waals surface area contributed by atoms with Crippen LogP contribution in [0.1, 0.15) is 0 Å². The molecular formula is C7H6Cl2N4Zn. The van der Waals surface area contributed by atoms with Crippen molar-refractivity contribution in [2.75, 3.05) is 0 Å². The van der Waals surface area contributed by atoms with Crippen LogP contribution in [0.15, 0.2) is 30.3 Å². The van der Waals surface area contributed by atoms with Crippen molar-refractivity contribution in [1.29, 1.82) is 0 Å². The first-order valence-electron chi connectivity index (χ1n) is 3.26. The number of aromatic nitrogens is 4. The largest absolute Gasteiger partial charge is 2.00 e. The summed E-state index contributed by atoms with van der Waals surface area (Å²) >= 11 is 0. The number of benzene rings is 1. The second-order valence-electron chi connectivity index (χ2n) is 2.10. The van der Waals surface area contributed by atoms with E-state index in [4.69, 9.17) is 0 Å². The number of tetrazole rings is 1. The second-order valence-corrected chi connectivity index (χ2v) is 2.10. The van der Waals surface area contributed by atoms with Crippen LogP contribution in [0.25, 0.3) is 11.4 Å². The van der Waals surface area contributed by atoms with Gasteiger partial charge in [-0.15, -0.1) is 10.2 Å². The summed E-state index contributed by atoms with van der Waals surface area (Å²) in [6, 6.07) is 9.69. The predicted molar refractivity (Wildman–Crippen MR) is 39.6 cm³/mol. The van der Waals surface area contributed by atoms with Gasteiger partial charge < -0.3 is 24.8 Å². The summed E-state index contributed by atoms with van der Waals surface area (Å²) in [4.78, 5) is 0. The molecule has 0 atom stereocenters. The molecule has 1 aromatic carbocycles. The molecule has 0 radical (unpaired) electrons. The van der Waals surface area contributed by atoms with E-state index in [1.807, 2.05) is 30.3 Å². The Balaban J connectivity index is 0. The molecule has 0 unspecified atom stereocenters. The van der Waals surface area contributed by atoms with Crippen LogP contribution in [0.5, 0.6) is 0 Å². The maximum absolute atomic E-state index is 3.84. The zero-order chi connectivity index (χ0) is 7.52. The fourth-order valence-corrected chi connectivity index (χ4v) is 0.871. The zero-order valence-electron chi connectivity index (χ0n) is 7.19. The minimum absolute atomic E-state index is 0. The van der Waals surface area contributed by atoms with E-state index in [0.29, 0.717) is 5.82 Å². The summed E-state index contributed by atoms with van der Waals surface area (Å²) in [5.41, 5.74) is 0.973. The van der Waals surface area contributed by atoms with E-state index in [0.717, 1.165) is 5.56 Å². The molecule has 0 aliphatic rings. The molecule has 0 fully saturated rings. The maximum atomic E-state index is 3.84. The number of hydrogen-bond acceptors (Lipinski definition) is 3. The summed E-state index contributed by atoms with van der Waals surface area (Å²) in [6.45, 7) is 0. The van der Waals surface area contributed by atoms with Crippen LogP contribution in [0.4, 0.5) is 0 Å². The summed E-state index contributed by atoms with van der Waals surface area (Å²) in [5.74, 6) is 0.630. The molecule has 1 aromatic heterocycles. The van der Waals surface area contributed by atoms with Gasteiger partial charge in [-0.1, -0.05) is 30.3 Å². The Morgan fingerprint density at radius 3 is 2.14 bits per heavy atom. The van der Waals surface area contributed by atoms with Gasteiger partial charge in [0.15, 0.2) is 0 Å². The molecule has 1 heterocycles. The fourth-order valence-electron chi connectivity index (χ4n) is 0.871. The van der Waals surface area contributed by atoms with Gasteiger partial charge in [-0.3, -0.25) is 0 Å². The van der Waals surface area contributed by atoms with E-state index in [1.165, 1.54) is 0 Å². The van der Waals surface area contributed by atoms with Gasteiger partial charge in [0.25, 0.3) is 0 Å². The molecule has 2 aromatic rings. The number of H-pyrrole nitrogens is 1. The van der Waals surface area contributed by atoms with Crippen molar-refractivity contribution in [2.45, 2.75) is 0 Å². The van der Waals surface area contributed by atoms with E-state index in [1.54, 1.807) is 0 Å². The van der Waals surface area contributed by atoms with Crippen LogP contribution in [-0.2, 0) is 19.5 Å². The van der Waals surface area contributed by atoms with Crippen LogP contribution >= 0.6 is 0 Å². The van der Waals surface area contributed by atoms with Crippen LogP contribution in [0.3, 0.4) is 0 Å². The van der Waals surface area contributed by atoms with Crippen molar-refractivity contribution >= 4 is 0 Å². The van der Waals surface area contributed by atoms with Crippen LogP contribution < -0.4 is 24.8 Å². The van der Waals surface area contributed by atoms with E-state index in [-0.39, 0.29) is 44.3 Å². The van der Waals surface area contributed by atoms with E-state index < -0.39 is 0 Å². The van der Waals surface area contributed by atoms with Crippen molar-refractivity contribution in [1.82, 2.24) is 20.6 Å². The number of rotatable bonds is 1. The first kappa shape index (κ1) is 15.9. The molecule has 14 heavy (non-hydrogen) atoms. The topological polar surface area (TPSA) is 54.5 Å². The van der Waals surface area contributed by atoms with Crippen molar-refractivity contribution in [3.8, 4) is 11.4 Å². The minimum Gasteiger partial charge on any atom is -1.00 e. The Labute approximate surface area is 106 Å². The third kappa shape index (κ3) is 3.70. The molecule has 2 rings (SSSR count). The molecule has 0 bridgehead atoms. The molecule has 0 saturated heterocycles. The smallest absolute Gasteiger partial charge is 1.00 e. The molecule has 70 valence electrons. The van der Waals surface area contributed by atoms with E-state index in [9.17, 15) is 0 Å². The molecule has 1 N–H and O–H groups in total. The third-order valence-corrected chi connectivity index (χ3v) is 1.38. The molecule has 0 spiro atoms. The third-order valence-electron chi connectivity index (χ3n) is 1.38. The number of halogens is 2. The van der Waals surface area contributed by atoms with Gasteiger partial charge in [0.05, 0.1) is 0 Å². The maximum Gasteiger partial charge on any atom is 2.00 e. The van der Waals surface area contributed by atoms with Crippen molar-refractivity contribution in [3.63, 3.8) is 0 Å². The van der Waals surface area contributed by atoms with E-state index >= 15 is 0 Å². The standard InChI is InChI=1S/C7H6N4.2ClH.Zn/c1-2-4-6(5-3-1)7-8-10-11-9-7;;;/h1-5H,(H,8,9,10,11);2*1H;/q;;;+2/p-2. The molecular weight excluding hydrogens is 276 g/mol. The monoisotopic (exact) mass is 280 g/mol. The van der Waals surface area contributed by atoms with Crippen LogP contribution in [0, 0.1) is 0 Å². The SMILES string of the molecule is [Cl-].[Cl-].[Zn+2].c1ccc(-c2nn[nH]n2)cc1. The molecule has 0 aliphatic carbocycles. The van der Waals surface area contributed by atoms with Crippen molar-refractivity contribution < 1.29 is 44.3 Å². The average molecular weight is 282 g/mol. The first-order chi connectivity index (χ1) is 5.47. The first-order valence-corrected chi connectivity index (χ1v) is 3.26. The van der Waals surface area contributed by atoms with Gasteiger partial charge in [0.1, 0.15) is 0 Å². The number of nitrogens with zero attached hydrogens (tertiary/aromatic N) is 3. The zero-order valence-corrected chi connectivity index (χ0v) is 11.7. The normalized spacial score (nSPS) is 7.71. The molecule has 0 saturated carbocycles. The Hall–Kier alpha value is -0.507. The van der Waals surface area contributed by atoms with Gasteiger partial charge in [-0.2, -0.15) is 5.21 Å². The summed E-state index contributed by atoms with van der Waals surface area (Å²) in [7, 11) is 0. The van der Waals surface area contributed by atoms with Gasteiger partial charge in [-0.25, -0.2) is 0 Å². The second kappa shape index (κ2) is 7.86. The van der Waals surface area contributed by atoms with Crippen LogP contribution in [-0.4, -0.2) is 20.6 Å². The van der Waals surface area contributed by atoms with Crippen molar-refractivity contribution in [2.24, 2.45) is 0 Å². The Bertz CT molecular complexity index is 327. The Morgan fingerprint density at radius 2 is 1.64 bits per heavy atom. The van der Waals surface area contributed by atoms with Crippen LogP contribution in [0.2, 0.25) is 0 Å². The number of hydrogen-bond donors (Lipinski definition) is 1. The Morgan fingerprint density at radius 1 is 1.00 bits per heavy atom. The average Bonchev–Trinajstić information content (AvgIpc) is 2.58. The quantitative estimate of drug-likeness (QED) is 0.532. The number of nitrogens with one attached hydrogen (secondary N) is 1. The predicted octanol–water partition coefficient (Wildman–Crippen LogP) is -5.13. The van der Waals surface area contributed by atoms with Gasteiger partial charge in [0.2, 0.25) is 5.82 Å². The minimum atomic E-state index is 0. The Kier molecular flexibility index (Phi) is 8.95. The van der Waals surface area contributed by atoms with Crippen molar-refractivity contribution in [3.05, 3.63) is 30.3 Å². The summed E-state index contributed by atoms with van der Waals surface area (Å²) in [5, 5.41) is 13.5. The molecule has 0 aliphatic heterocycles. The van der Waals surface area contributed by atoms with Gasteiger partial charge in [0, 0.05) is 5.56 Å². The molecule has 0 amide bonds. The molecule has 7 heteroatoms. The molecule has 4 nitrogen and oxygen atoms in total. The van der Waals surface area contributed by atoms with Gasteiger partial charge >= 0.3 is 19.5 Å². The van der Waals surface area contributed by atoms with Gasteiger partial charge in [-0.05, 0) is 5.21 Å². The van der Waals surface area contributed by atoms with E-state index in [2.05, 4.69) is 20.6 Å². The summed E-state index contributed by atoms with van der Waals surface area (Å²) in [6.07, 6.45) is 0. The number of aromatic amines is 1. The fraction of sp³-hybridized carbons (Fsp3) is 0. The summed E-state index contributed by atoms with van der Waals surface area (Å²) < 4.78 is 0.